The van der Waals surface area contributed by atoms with Gasteiger partial charge < -0.3 is 20.1 Å². The quantitative estimate of drug-likeness (QED) is 0.365. The lowest BCUT2D eigenvalue weighted by Gasteiger charge is -2.13. The Morgan fingerprint density at radius 1 is 0.875 bits per heavy atom. The molecule has 3 aromatic carbocycles. The van der Waals surface area contributed by atoms with Crippen molar-refractivity contribution in [2.24, 2.45) is 0 Å². The molecule has 0 atom stereocenters. The van der Waals surface area contributed by atoms with Gasteiger partial charge in [0.2, 0.25) is 0 Å². The molecule has 4 aromatic rings. The summed E-state index contributed by atoms with van der Waals surface area (Å²) in [5.74, 6) is 1.24. The Labute approximate surface area is 191 Å². The number of pyridine rings is 1. The average Bonchev–Trinajstić information content (AvgIpc) is 2.79. The highest BCUT2D eigenvalue weighted by Gasteiger charge is 2.12. The molecule has 0 aliphatic rings. The third-order valence-corrected chi connectivity index (χ3v) is 5.24. The van der Waals surface area contributed by atoms with Crippen LogP contribution in [0.15, 0.2) is 66.7 Å². The molecule has 0 spiro atoms. The predicted molar refractivity (Wildman–Crippen MR) is 129 cm³/mol. The zero-order valence-corrected chi connectivity index (χ0v) is 18.7. The number of anilines is 2. The van der Waals surface area contributed by atoms with Crippen molar-refractivity contribution in [2.45, 2.75) is 6.92 Å². The minimum atomic E-state index is -0.377. The van der Waals surface area contributed by atoms with Crippen LogP contribution in [0.5, 0.6) is 11.5 Å². The van der Waals surface area contributed by atoms with Crippen molar-refractivity contribution in [1.82, 2.24) is 4.98 Å². The Bertz CT molecular complexity index is 1290. The van der Waals surface area contributed by atoms with Crippen LogP contribution in [-0.2, 0) is 0 Å². The zero-order chi connectivity index (χ0) is 22.7. The molecule has 32 heavy (non-hydrogen) atoms. The summed E-state index contributed by atoms with van der Waals surface area (Å²) in [4.78, 5) is 17.3. The molecule has 0 aliphatic carbocycles. The number of aromatic nitrogens is 1. The second kappa shape index (κ2) is 9.16. The first-order valence-corrected chi connectivity index (χ1v) is 10.3. The van der Waals surface area contributed by atoms with Crippen molar-refractivity contribution in [3.63, 3.8) is 0 Å². The topological polar surface area (TPSA) is 72.5 Å². The number of ether oxygens (including phenoxy) is 2. The minimum absolute atomic E-state index is 0.377. The van der Waals surface area contributed by atoms with Gasteiger partial charge in [0, 0.05) is 27.7 Å². The van der Waals surface area contributed by atoms with Crippen molar-refractivity contribution >= 4 is 39.9 Å². The maximum absolute atomic E-state index is 12.6. The number of benzene rings is 3. The summed E-state index contributed by atoms with van der Waals surface area (Å²) < 4.78 is 10.9. The van der Waals surface area contributed by atoms with Gasteiger partial charge in [0.25, 0.3) is 0 Å². The smallest absolute Gasteiger partial charge is 0.323 e. The van der Waals surface area contributed by atoms with Crippen molar-refractivity contribution in [1.29, 1.82) is 0 Å². The van der Waals surface area contributed by atoms with Gasteiger partial charge in [-0.1, -0.05) is 29.8 Å². The maximum atomic E-state index is 12.6. The van der Waals surface area contributed by atoms with Crippen LogP contribution in [0, 0.1) is 6.92 Å². The number of nitrogens with zero attached hydrogens (tertiary/aromatic N) is 1. The monoisotopic (exact) mass is 447 g/mol. The number of hydrogen-bond acceptors (Lipinski definition) is 4. The lowest BCUT2D eigenvalue weighted by molar-refractivity contribution is 0.262. The number of rotatable bonds is 5. The standard InChI is InChI=1S/C25H22ClN3O3/c1-15-4-11-23(31-2)22(12-15)29-25(30)27-18-9-10-20-19(13-18)24(32-3)14-21(28-20)16-5-7-17(26)8-6-16/h4-14H,1-3H3,(H2,27,29,30). The van der Waals surface area contributed by atoms with Crippen LogP contribution in [-0.4, -0.2) is 25.2 Å². The molecule has 2 amide bonds. The number of nitrogens with one attached hydrogen (secondary N) is 2. The average molecular weight is 448 g/mol. The van der Waals surface area contributed by atoms with Crippen LogP contribution in [0.3, 0.4) is 0 Å². The Morgan fingerprint density at radius 3 is 2.34 bits per heavy atom. The summed E-state index contributed by atoms with van der Waals surface area (Å²) in [6, 6.07) is 20.0. The van der Waals surface area contributed by atoms with Crippen LogP contribution >= 0.6 is 11.6 Å². The molecule has 0 saturated carbocycles. The van der Waals surface area contributed by atoms with E-state index in [-0.39, 0.29) is 6.03 Å². The molecule has 162 valence electrons. The molecule has 6 nitrogen and oxygen atoms in total. The first kappa shape index (κ1) is 21.5. The molecule has 0 bridgehead atoms. The largest absolute Gasteiger partial charge is 0.496 e. The molecular formula is C25H22ClN3O3. The Kier molecular flexibility index (Phi) is 6.14. The highest BCUT2D eigenvalue weighted by Crippen LogP contribution is 2.32. The van der Waals surface area contributed by atoms with Crippen LogP contribution in [0.25, 0.3) is 22.2 Å². The summed E-state index contributed by atoms with van der Waals surface area (Å²) in [7, 11) is 3.17. The summed E-state index contributed by atoms with van der Waals surface area (Å²) in [5.41, 5.74) is 4.68. The number of halogens is 1. The fourth-order valence-corrected chi connectivity index (χ4v) is 3.54. The second-order valence-corrected chi connectivity index (χ2v) is 7.67. The van der Waals surface area contributed by atoms with Gasteiger partial charge in [-0.15, -0.1) is 0 Å². The molecule has 0 aliphatic heterocycles. The molecule has 7 heteroatoms. The van der Waals surface area contributed by atoms with Crippen molar-refractivity contribution in [3.8, 4) is 22.8 Å². The number of aryl methyl sites for hydroxylation is 1. The van der Waals surface area contributed by atoms with Gasteiger partial charge in [0.15, 0.2) is 0 Å². The van der Waals surface area contributed by atoms with E-state index in [0.29, 0.717) is 27.9 Å². The molecule has 0 fully saturated rings. The number of carbonyl (C=O) groups excluding carboxylic acids is 1. The van der Waals surface area contributed by atoms with E-state index in [9.17, 15) is 4.79 Å². The summed E-state index contributed by atoms with van der Waals surface area (Å²) in [6.45, 7) is 1.95. The number of methoxy groups -OCH3 is 2. The second-order valence-electron chi connectivity index (χ2n) is 7.23. The Morgan fingerprint density at radius 2 is 1.62 bits per heavy atom. The van der Waals surface area contributed by atoms with E-state index in [2.05, 4.69) is 10.6 Å². The van der Waals surface area contributed by atoms with Gasteiger partial charge in [0.1, 0.15) is 11.5 Å². The van der Waals surface area contributed by atoms with E-state index >= 15 is 0 Å². The highest BCUT2D eigenvalue weighted by molar-refractivity contribution is 6.30. The molecule has 0 radical (unpaired) electrons. The zero-order valence-electron chi connectivity index (χ0n) is 17.9. The Balaban J connectivity index is 1.60. The van der Waals surface area contributed by atoms with E-state index in [4.69, 9.17) is 26.1 Å². The van der Waals surface area contributed by atoms with E-state index < -0.39 is 0 Å². The van der Waals surface area contributed by atoms with Gasteiger partial charge in [-0.3, -0.25) is 0 Å². The first-order chi connectivity index (χ1) is 15.5. The van der Waals surface area contributed by atoms with Crippen molar-refractivity contribution in [3.05, 3.63) is 77.3 Å². The van der Waals surface area contributed by atoms with Crippen molar-refractivity contribution < 1.29 is 14.3 Å². The van der Waals surface area contributed by atoms with Crippen LogP contribution < -0.4 is 20.1 Å². The number of hydrogen-bond donors (Lipinski definition) is 2. The van der Waals surface area contributed by atoms with Gasteiger partial charge in [-0.05, 0) is 55.0 Å². The van der Waals surface area contributed by atoms with Crippen LogP contribution in [0.4, 0.5) is 16.2 Å². The van der Waals surface area contributed by atoms with E-state index in [1.54, 1.807) is 20.3 Å². The van der Waals surface area contributed by atoms with E-state index in [0.717, 1.165) is 27.7 Å². The lowest BCUT2D eigenvalue weighted by atomic mass is 10.1. The third-order valence-electron chi connectivity index (χ3n) is 4.99. The summed E-state index contributed by atoms with van der Waals surface area (Å²) in [6.07, 6.45) is 0. The Hall–Kier alpha value is -3.77. The molecule has 1 heterocycles. The van der Waals surface area contributed by atoms with Gasteiger partial charge in [-0.25, -0.2) is 9.78 Å². The molecule has 1 aromatic heterocycles. The summed E-state index contributed by atoms with van der Waals surface area (Å²) >= 11 is 6.00. The maximum Gasteiger partial charge on any atom is 0.323 e. The molecule has 4 rings (SSSR count). The number of urea groups is 1. The van der Waals surface area contributed by atoms with E-state index in [1.807, 2.05) is 67.6 Å². The molecule has 0 unspecified atom stereocenters. The van der Waals surface area contributed by atoms with E-state index in [1.165, 1.54) is 0 Å². The lowest BCUT2D eigenvalue weighted by Crippen LogP contribution is -2.19. The predicted octanol–water partition coefficient (Wildman–Crippen LogP) is 6.52. The number of amides is 2. The van der Waals surface area contributed by atoms with Crippen LogP contribution in [0.1, 0.15) is 5.56 Å². The van der Waals surface area contributed by atoms with Gasteiger partial charge >= 0.3 is 6.03 Å². The highest BCUT2D eigenvalue weighted by atomic mass is 35.5. The molecule has 2 N–H and O–H groups in total. The SMILES string of the molecule is COc1ccc(C)cc1NC(=O)Nc1ccc2nc(-c3ccc(Cl)cc3)cc(OC)c2c1. The fourth-order valence-electron chi connectivity index (χ4n) is 3.41. The third kappa shape index (κ3) is 4.60. The molecule has 0 saturated heterocycles. The fraction of sp³-hybridized carbons (Fsp3) is 0.120. The number of carbonyl (C=O) groups is 1. The van der Waals surface area contributed by atoms with Gasteiger partial charge in [0.05, 0.1) is 31.1 Å². The molecular weight excluding hydrogens is 426 g/mol. The minimum Gasteiger partial charge on any atom is -0.496 e. The summed E-state index contributed by atoms with van der Waals surface area (Å²) in [5, 5.41) is 7.14. The van der Waals surface area contributed by atoms with Crippen molar-refractivity contribution in [2.75, 3.05) is 24.9 Å². The normalized spacial score (nSPS) is 10.6. The first-order valence-electron chi connectivity index (χ1n) is 9.94. The number of fused-ring (bicyclic) bond motifs is 1. The van der Waals surface area contributed by atoms with Crippen LogP contribution in [0.2, 0.25) is 5.02 Å². The van der Waals surface area contributed by atoms with Gasteiger partial charge in [-0.2, -0.15) is 0 Å².